The van der Waals surface area contributed by atoms with Crippen LogP contribution in [0, 0.1) is 0 Å². The van der Waals surface area contributed by atoms with Crippen molar-refractivity contribution in [2.45, 2.75) is 45.6 Å². The molecule has 0 unspecified atom stereocenters. The Labute approximate surface area is 174 Å². The van der Waals surface area contributed by atoms with Crippen LogP contribution in [0.25, 0.3) is 0 Å². The molecule has 2 aromatic rings. The number of halogens is 1. The monoisotopic (exact) mass is 466 g/mol. The number of nitrogens with zero attached hydrogens (tertiary/aromatic N) is 2. The third kappa shape index (κ3) is 6.27. The van der Waals surface area contributed by atoms with E-state index in [1.54, 1.807) is 6.20 Å². The summed E-state index contributed by atoms with van der Waals surface area (Å²) < 4.78 is 0. The molecule has 26 heavy (non-hydrogen) atoms. The van der Waals surface area contributed by atoms with Gasteiger partial charge in [-0.05, 0) is 37.5 Å². The average molecular weight is 466 g/mol. The zero-order chi connectivity index (χ0) is 18.0. The van der Waals surface area contributed by atoms with Crippen LogP contribution in [0.5, 0.6) is 0 Å². The fourth-order valence-corrected chi connectivity index (χ4v) is 3.05. The zero-order valence-corrected chi connectivity index (χ0v) is 18.4. The molecule has 0 aliphatic heterocycles. The Morgan fingerprint density at radius 3 is 2.23 bits per heavy atom. The Morgan fingerprint density at radius 2 is 1.65 bits per heavy atom. The number of nitrogens with one attached hydrogen (secondary N) is 2. The second kappa shape index (κ2) is 11.9. The molecule has 1 aromatic carbocycles. The molecule has 0 radical (unpaired) electrons. The smallest absolute Gasteiger partial charge is 0.191 e. The predicted molar refractivity (Wildman–Crippen MR) is 121 cm³/mol. The minimum Gasteiger partial charge on any atom is -0.357 e. The first kappa shape index (κ1) is 22.4. The summed E-state index contributed by atoms with van der Waals surface area (Å²) in [4.78, 5) is 9.02. The van der Waals surface area contributed by atoms with Crippen molar-refractivity contribution in [1.82, 2.24) is 15.6 Å². The molecule has 1 aromatic heterocycles. The molecule has 0 aliphatic rings. The van der Waals surface area contributed by atoms with Crippen LogP contribution in [0.2, 0.25) is 0 Å². The van der Waals surface area contributed by atoms with E-state index < -0.39 is 0 Å². The van der Waals surface area contributed by atoms with E-state index in [2.05, 4.69) is 71.7 Å². The number of guanidine groups is 1. The molecule has 0 saturated heterocycles. The number of benzene rings is 1. The first-order chi connectivity index (χ1) is 12.2. The maximum atomic E-state index is 4.68. The largest absolute Gasteiger partial charge is 0.357 e. The fraction of sp³-hybridized carbons (Fsp3) is 0.429. The molecule has 2 N–H and O–H groups in total. The summed E-state index contributed by atoms with van der Waals surface area (Å²) in [7, 11) is 0. The van der Waals surface area contributed by atoms with E-state index in [4.69, 9.17) is 0 Å². The standard InChI is InChI=1S/C21H30N4.HI/c1-4-21(5-2,18-12-8-7-9-13-18)17-25-20(22-6-3)24-16-19-14-10-11-15-23-19;/h7-15H,4-6,16-17H2,1-3H3,(H2,22,24,25);1H. The lowest BCUT2D eigenvalue weighted by Crippen LogP contribution is -2.45. The Kier molecular flexibility index (Phi) is 10.2. The van der Waals surface area contributed by atoms with E-state index in [1.807, 2.05) is 18.2 Å². The van der Waals surface area contributed by atoms with Crippen molar-refractivity contribution in [3.63, 3.8) is 0 Å². The predicted octanol–water partition coefficient (Wildman–Crippen LogP) is 4.51. The van der Waals surface area contributed by atoms with Gasteiger partial charge < -0.3 is 10.6 Å². The van der Waals surface area contributed by atoms with Crippen molar-refractivity contribution in [2.75, 3.05) is 13.1 Å². The Balaban J connectivity index is 0.00000338. The lowest BCUT2D eigenvalue weighted by Gasteiger charge is -2.33. The SMILES string of the molecule is CCNC(=NCc1ccccn1)NCC(CC)(CC)c1ccccc1.I. The molecule has 142 valence electrons. The number of aromatic nitrogens is 1. The number of pyridine rings is 1. The molecule has 1 heterocycles. The maximum absolute atomic E-state index is 4.68. The lowest BCUT2D eigenvalue weighted by atomic mass is 9.76. The van der Waals surface area contributed by atoms with E-state index in [9.17, 15) is 0 Å². The highest BCUT2D eigenvalue weighted by Crippen LogP contribution is 2.30. The van der Waals surface area contributed by atoms with Crippen LogP contribution in [-0.2, 0) is 12.0 Å². The minimum atomic E-state index is 0. The van der Waals surface area contributed by atoms with Gasteiger partial charge in [0.25, 0.3) is 0 Å². The number of aliphatic imine (C=N–C) groups is 1. The normalized spacial score (nSPS) is 11.6. The Hall–Kier alpha value is -1.63. The van der Waals surface area contributed by atoms with Crippen LogP contribution in [0.1, 0.15) is 44.9 Å². The summed E-state index contributed by atoms with van der Waals surface area (Å²) in [6.07, 6.45) is 3.97. The highest BCUT2D eigenvalue weighted by atomic mass is 127. The van der Waals surface area contributed by atoms with Crippen molar-refractivity contribution < 1.29 is 0 Å². The second-order valence-electron chi connectivity index (χ2n) is 6.22. The van der Waals surface area contributed by atoms with Crippen LogP contribution in [-0.4, -0.2) is 24.0 Å². The molecule has 0 aliphatic carbocycles. The molecular formula is C21H31IN4. The number of hydrogen-bond acceptors (Lipinski definition) is 2. The highest BCUT2D eigenvalue weighted by Gasteiger charge is 2.28. The van der Waals surface area contributed by atoms with E-state index in [-0.39, 0.29) is 29.4 Å². The van der Waals surface area contributed by atoms with E-state index in [0.717, 1.165) is 37.6 Å². The fourth-order valence-electron chi connectivity index (χ4n) is 3.05. The Morgan fingerprint density at radius 1 is 0.962 bits per heavy atom. The third-order valence-corrected chi connectivity index (χ3v) is 4.80. The topological polar surface area (TPSA) is 49.3 Å². The molecule has 0 atom stereocenters. The van der Waals surface area contributed by atoms with Crippen molar-refractivity contribution in [3.8, 4) is 0 Å². The summed E-state index contributed by atoms with van der Waals surface area (Å²) in [6, 6.07) is 16.7. The van der Waals surface area contributed by atoms with Gasteiger partial charge in [-0.2, -0.15) is 0 Å². The summed E-state index contributed by atoms with van der Waals surface area (Å²) in [5, 5.41) is 6.88. The molecule has 2 rings (SSSR count). The van der Waals surface area contributed by atoms with E-state index in [0.29, 0.717) is 6.54 Å². The first-order valence-corrected chi connectivity index (χ1v) is 9.21. The molecule has 0 bridgehead atoms. The van der Waals surface area contributed by atoms with Gasteiger partial charge in [0, 0.05) is 24.7 Å². The molecule has 0 saturated carbocycles. The van der Waals surface area contributed by atoms with Crippen LogP contribution < -0.4 is 10.6 Å². The van der Waals surface area contributed by atoms with E-state index in [1.165, 1.54) is 5.56 Å². The van der Waals surface area contributed by atoms with Crippen molar-refractivity contribution >= 4 is 29.9 Å². The van der Waals surface area contributed by atoms with Gasteiger partial charge in [0.2, 0.25) is 0 Å². The van der Waals surface area contributed by atoms with Gasteiger partial charge >= 0.3 is 0 Å². The zero-order valence-electron chi connectivity index (χ0n) is 16.0. The molecule has 0 amide bonds. The molecular weight excluding hydrogens is 435 g/mol. The number of hydrogen-bond donors (Lipinski definition) is 2. The maximum Gasteiger partial charge on any atom is 0.191 e. The van der Waals surface area contributed by atoms with Gasteiger partial charge in [-0.15, -0.1) is 24.0 Å². The van der Waals surface area contributed by atoms with Gasteiger partial charge in [-0.25, -0.2) is 4.99 Å². The van der Waals surface area contributed by atoms with Crippen LogP contribution in [0.4, 0.5) is 0 Å². The van der Waals surface area contributed by atoms with Gasteiger partial charge in [-0.1, -0.05) is 50.2 Å². The lowest BCUT2D eigenvalue weighted by molar-refractivity contribution is 0.389. The molecule has 0 fully saturated rings. The molecule has 4 nitrogen and oxygen atoms in total. The van der Waals surface area contributed by atoms with Crippen molar-refractivity contribution in [2.24, 2.45) is 4.99 Å². The van der Waals surface area contributed by atoms with Gasteiger partial charge in [0.1, 0.15) is 0 Å². The van der Waals surface area contributed by atoms with Crippen LogP contribution in [0.15, 0.2) is 59.7 Å². The van der Waals surface area contributed by atoms with Crippen LogP contribution >= 0.6 is 24.0 Å². The van der Waals surface area contributed by atoms with Crippen LogP contribution in [0.3, 0.4) is 0 Å². The summed E-state index contributed by atoms with van der Waals surface area (Å²) in [5.74, 6) is 0.843. The van der Waals surface area contributed by atoms with Gasteiger partial charge in [0.05, 0.1) is 12.2 Å². The van der Waals surface area contributed by atoms with Gasteiger partial charge in [0.15, 0.2) is 5.96 Å². The summed E-state index contributed by atoms with van der Waals surface area (Å²) >= 11 is 0. The minimum absolute atomic E-state index is 0. The van der Waals surface area contributed by atoms with Gasteiger partial charge in [-0.3, -0.25) is 4.98 Å². The summed E-state index contributed by atoms with van der Waals surface area (Å²) in [6.45, 7) is 8.88. The van der Waals surface area contributed by atoms with Crippen molar-refractivity contribution in [3.05, 3.63) is 66.0 Å². The second-order valence-corrected chi connectivity index (χ2v) is 6.22. The number of rotatable bonds is 8. The van der Waals surface area contributed by atoms with E-state index >= 15 is 0 Å². The van der Waals surface area contributed by atoms with Crippen molar-refractivity contribution in [1.29, 1.82) is 0 Å². The summed E-state index contributed by atoms with van der Waals surface area (Å²) in [5.41, 5.74) is 2.47. The molecule has 0 spiro atoms. The Bertz CT molecular complexity index is 640. The third-order valence-electron chi connectivity index (χ3n) is 4.80. The quantitative estimate of drug-likeness (QED) is 0.342. The molecule has 5 heteroatoms. The highest BCUT2D eigenvalue weighted by molar-refractivity contribution is 14.0. The average Bonchev–Trinajstić information content (AvgIpc) is 2.69. The first-order valence-electron chi connectivity index (χ1n) is 9.21.